The van der Waals surface area contributed by atoms with Gasteiger partial charge in [0, 0.05) is 6.08 Å². The Morgan fingerprint density at radius 1 is 1.15 bits per heavy atom. The third-order valence-electron chi connectivity index (χ3n) is 0.878. The summed E-state index contributed by atoms with van der Waals surface area (Å²) in [4.78, 5) is 30.5. The number of carboxylic acid groups (broad SMARTS) is 2. The minimum atomic E-state index is -1.53. The first kappa shape index (κ1) is 18.4. The summed E-state index contributed by atoms with van der Waals surface area (Å²) in [5, 5.41) is 16.3. The van der Waals surface area contributed by atoms with E-state index in [2.05, 4.69) is 0 Å². The number of carbonyl (C=O) groups excluding carboxylic acids is 1. The van der Waals surface area contributed by atoms with Crippen LogP contribution in [-0.2, 0) is 14.4 Å². The van der Waals surface area contributed by atoms with Crippen LogP contribution in [0.15, 0.2) is 11.6 Å². The summed E-state index contributed by atoms with van der Waals surface area (Å²) in [6.45, 7) is 0.989. The molecule has 13 heavy (non-hydrogen) atoms. The van der Waals surface area contributed by atoms with Crippen molar-refractivity contribution in [2.75, 3.05) is 0 Å². The van der Waals surface area contributed by atoms with Crippen molar-refractivity contribution < 1.29 is 24.6 Å². The van der Waals surface area contributed by atoms with Crippen molar-refractivity contribution in [1.29, 1.82) is 0 Å². The van der Waals surface area contributed by atoms with Crippen LogP contribution in [0, 0.1) is 0 Å². The molecule has 70 valence electrons. The molecule has 0 radical (unpaired) electrons. The monoisotopic (exact) mass is 218 g/mol. The quantitative estimate of drug-likeness (QED) is 0.287. The Bertz CT molecular complexity index is 231. The van der Waals surface area contributed by atoms with Crippen molar-refractivity contribution in [2.24, 2.45) is 0 Å². The van der Waals surface area contributed by atoms with Crippen molar-refractivity contribution in [3.63, 3.8) is 0 Å². The van der Waals surface area contributed by atoms with E-state index in [9.17, 15) is 14.4 Å². The van der Waals surface area contributed by atoms with E-state index in [0.29, 0.717) is 6.08 Å². The first-order valence-electron chi connectivity index (χ1n) is 2.64. The molecule has 7 heteroatoms. The molecule has 0 aliphatic rings. The van der Waals surface area contributed by atoms with Gasteiger partial charge in [0.25, 0.3) is 0 Å². The molecular formula is C6H8ClNaO5. The van der Waals surface area contributed by atoms with Gasteiger partial charge in [0.15, 0.2) is 5.78 Å². The number of halogens is 1. The van der Waals surface area contributed by atoms with Gasteiger partial charge in [-0.2, -0.15) is 0 Å². The summed E-state index contributed by atoms with van der Waals surface area (Å²) in [6.07, 6.45) is 0.366. The van der Waals surface area contributed by atoms with Gasteiger partial charge >= 0.3 is 41.5 Å². The number of rotatable bonds is 3. The Morgan fingerprint density at radius 3 is 1.62 bits per heavy atom. The third-order valence-corrected chi connectivity index (χ3v) is 0.878. The Balaban J connectivity index is -0.000000500. The summed E-state index contributed by atoms with van der Waals surface area (Å²) in [5.41, 5.74) is -0.725. The van der Waals surface area contributed by atoms with Crippen molar-refractivity contribution in [3.8, 4) is 0 Å². The van der Waals surface area contributed by atoms with Crippen molar-refractivity contribution in [2.45, 2.75) is 6.92 Å². The van der Waals surface area contributed by atoms with Gasteiger partial charge in [0.2, 0.25) is 0 Å². The van der Waals surface area contributed by atoms with Gasteiger partial charge in [-0.15, -0.1) is 12.4 Å². The van der Waals surface area contributed by atoms with E-state index in [4.69, 9.17) is 10.2 Å². The second-order valence-electron chi connectivity index (χ2n) is 1.76. The average Bonchev–Trinajstić information content (AvgIpc) is 1.81. The standard InChI is InChI=1S/C6H6O5.ClH.Na.H/c1-3(7)4(6(10)11)2-5(8)9;;;/h2H,1H3,(H,8,9)(H,10,11);1H;;/b4-2+;;;. The number of carbonyl (C=O) groups is 3. The zero-order valence-electron chi connectivity index (χ0n) is 6.10. The topological polar surface area (TPSA) is 91.7 Å². The summed E-state index contributed by atoms with van der Waals surface area (Å²) in [5.74, 6) is -3.75. The van der Waals surface area contributed by atoms with Gasteiger partial charge in [-0.25, -0.2) is 9.59 Å². The van der Waals surface area contributed by atoms with Crippen LogP contribution in [0.3, 0.4) is 0 Å². The maximum atomic E-state index is 10.4. The van der Waals surface area contributed by atoms with Crippen molar-refractivity contribution in [3.05, 3.63) is 11.6 Å². The van der Waals surface area contributed by atoms with Gasteiger partial charge in [0.1, 0.15) is 5.57 Å². The van der Waals surface area contributed by atoms with Gasteiger partial charge < -0.3 is 10.2 Å². The number of hydrogen-bond donors (Lipinski definition) is 2. The van der Waals surface area contributed by atoms with Crippen LogP contribution in [0.5, 0.6) is 0 Å². The van der Waals surface area contributed by atoms with E-state index in [0.717, 1.165) is 6.92 Å². The van der Waals surface area contributed by atoms with E-state index < -0.39 is 23.3 Å². The molecule has 0 aliphatic heterocycles. The second kappa shape index (κ2) is 8.25. The van der Waals surface area contributed by atoms with Gasteiger partial charge in [0.05, 0.1) is 0 Å². The van der Waals surface area contributed by atoms with Crippen LogP contribution >= 0.6 is 12.4 Å². The number of carboxylic acids is 2. The minimum absolute atomic E-state index is 0. The summed E-state index contributed by atoms with van der Waals surface area (Å²) in [6, 6.07) is 0. The second-order valence-corrected chi connectivity index (χ2v) is 1.76. The molecule has 0 saturated carbocycles. The Kier molecular flexibility index (Phi) is 11.7. The molecular weight excluding hydrogens is 211 g/mol. The fourth-order valence-corrected chi connectivity index (χ4v) is 0.437. The van der Waals surface area contributed by atoms with Crippen LogP contribution in [0.2, 0.25) is 0 Å². The fourth-order valence-electron chi connectivity index (χ4n) is 0.437. The predicted octanol–water partition coefficient (Wildman–Crippen LogP) is -0.556. The zero-order valence-corrected chi connectivity index (χ0v) is 6.92. The molecule has 0 atom stereocenters. The van der Waals surface area contributed by atoms with E-state index in [1.807, 2.05) is 0 Å². The van der Waals surface area contributed by atoms with E-state index in [1.165, 1.54) is 0 Å². The van der Waals surface area contributed by atoms with E-state index >= 15 is 0 Å². The zero-order chi connectivity index (χ0) is 9.02. The molecule has 0 bridgehead atoms. The molecule has 5 nitrogen and oxygen atoms in total. The normalized spacial score (nSPS) is 9.15. The molecule has 0 amide bonds. The SMILES string of the molecule is CC(=O)/C(=C\C(=O)O)C(=O)O.Cl.[NaH]. The van der Waals surface area contributed by atoms with Crippen LogP contribution < -0.4 is 0 Å². The molecule has 0 aromatic carbocycles. The maximum absolute atomic E-state index is 10.4. The average molecular weight is 219 g/mol. The molecule has 0 unspecified atom stereocenters. The summed E-state index contributed by atoms with van der Waals surface area (Å²) < 4.78 is 0. The molecule has 0 aromatic heterocycles. The van der Waals surface area contributed by atoms with Crippen LogP contribution in [0.1, 0.15) is 6.92 Å². The fraction of sp³-hybridized carbons (Fsp3) is 0.167. The molecule has 0 rings (SSSR count). The van der Waals surface area contributed by atoms with Crippen LogP contribution in [0.25, 0.3) is 0 Å². The van der Waals surface area contributed by atoms with E-state index in [-0.39, 0.29) is 42.0 Å². The molecule has 0 saturated heterocycles. The molecule has 0 aromatic rings. The summed E-state index contributed by atoms with van der Waals surface area (Å²) >= 11 is 0. The number of Topliss-reactive ketones (excluding diaryl/α,β-unsaturated/α-hetero) is 1. The van der Waals surface area contributed by atoms with Gasteiger partial charge in [-0.3, -0.25) is 4.79 Å². The molecule has 0 aliphatic carbocycles. The van der Waals surface area contributed by atoms with Crippen LogP contribution in [0.4, 0.5) is 0 Å². The summed E-state index contributed by atoms with van der Waals surface area (Å²) in [7, 11) is 0. The van der Waals surface area contributed by atoms with Crippen molar-refractivity contribution >= 4 is 59.7 Å². The Labute approximate surface area is 103 Å². The van der Waals surface area contributed by atoms with Gasteiger partial charge in [-0.05, 0) is 6.92 Å². The Morgan fingerprint density at radius 2 is 1.54 bits per heavy atom. The molecule has 0 heterocycles. The number of hydrogen-bond acceptors (Lipinski definition) is 3. The van der Waals surface area contributed by atoms with Gasteiger partial charge in [-0.1, -0.05) is 0 Å². The third kappa shape index (κ3) is 7.98. The Hall–Kier alpha value is -0.360. The number of ketones is 1. The van der Waals surface area contributed by atoms with E-state index in [1.54, 1.807) is 0 Å². The van der Waals surface area contributed by atoms with Crippen molar-refractivity contribution in [1.82, 2.24) is 0 Å². The molecule has 0 fully saturated rings. The first-order valence-corrected chi connectivity index (χ1v) is 2.64. The molecule has 0 spiro atoms. The first-order chi connectivity index (χ1) is 4.95. The predicted molar refractivity (Wildman–Crippen MR) is 48.4 cm³/mol. The van der Waals surface area contributed by atoms with Crippen LogP contribution in [-0.4, -0.2) is 57.5 Å². The number of aliphatic carboxylic acids is 2. The molecule has 2 N–H and O–H groups in total.